The number of nitrogens with one attached hydrogen (secondary N) is 1. The van der Waals surface area contributed by atoms with Gasteiger partial charge in [-0.3, -0.25) is 4.57 Å². The molecule has 1 aliphatic heterocycles. The van der Waals surface area contributed by atoms with Gasteiger partial charge < -0.3 is 24.5 Å². The molecule has 7 nitrogen and oxygen atoms in total. The van der Waals surface area contributed by atoms with Crippen LogP contribution >= 0.6 is 12.4 Å². The van der Waals surface area contributed by atoms with E-state index in [1.165, 1.54) is 0 Å². The van der Waals surface area contributed by atoms with E-state index in [-0.39, 0.29) is 30.7 Å². The summed E-state index contributed by atoms with van der Waals surface area (Å²) in [6, 6.07) is 15.3. The number of rotatable bonds is 8. The number of β-amino-alcohol motifs (C(OH)–C–C–N with tert-alkyl or cyclic N) is 1. The second-order valence-corrected chi connectivity index (χ2v) is 8.34. The van der Waals surface area contributed by atoms with Crippen molar-refractivity contribution in [2.75, 3.05) is 33.4 Å². The van der Waals surface area contributed by atoms with E-state index in [9.17, 15) is 9.90 Å². The Morgan fingerprint density at radius 3 is 2.66 bits per heavy atom. The van der Waals surface area contributed by atoms with Crippen LogP contribution in [0.1, 0.15) is 25.8 Å². The SMILES string of the molecule is COc1ccccc1OCC(O)CN1CCCC(C(C)n2c(=O)[nH]c3ccccc32)C1.Cl. The van der Waals surface area contributed by atoms with E-state index in [0.29, 0.717) is 24.0 Å². The lowest BCUT2D eigenvalue weighted by Crippen LogP contribution is -2.44. The lowest BCUT2D eigenvalue weighted by Gasteiger charge is -2.37. The van der Waals surface area contributed by atoms with Crippen molar-refractivity contribution in [3.63, 3.8) is 0 Å². The van der Waals surface area contributed by atoms with E-state index in [1.54, 1.807) is 7.11 Å². The van der Waals surface area contributed by atoms with Crippen molar-refractivity contribution in [1.29, 1.82) is 0 Å². The van der Waals surface area contributed by atoms with E-state index in [0.717, 1.165) is 37.0 Å². The summed E-state index contributed by atoms with van der Waals surface area (Å²) in [5.74, 6) is 1.63. The quantitative estimate of drug-likeness (QED) is 0.537. The molecular weight excluding hydrogens is 430 g/mol. The molecule has 1 saturated heterocycles. The minimum Gasteiger partial charge on any atom is -0.493 e. The summed E-state index contributed by atoms with van der Waals surface area (Å²) in [6.45, 7) is 4.66. The summed E-state index contributed by atoms with van der Waals surface area (Å²) in [7, 11) is 1.60. The van der Waals surface area contributed by atoms with Crippen molar-refractivity contribution in [2.24, 2.45) is 5.92 Å². The zero-order valence-electron chi connectivity index (χ0n) is 18.6. The van der Waals surface area contributed by atoms with Gasteiger partial charge in [-0.2, -0.15) is 0 Å². The van der Waals surface area contributed by atoms with Gasteiger partial charge in [0.25, 0.3) is 0 Å². The normalized spacial score (nSPS) is 18.7. The molecule has 0 bridgehead atoms. The first-order valence-corrected chi connectivity index (χ1v) is 10.9. The van der Waals surface area contributed by atoms with E-state index < -0.39 is 6.10 Å². The number of imidazole rings is 1. The van der Waals surface area contributed by atoms with Gasteiger partial charge in [-0.05, 0) is 56.5 Å². The molecule has 0 radical (unpaired) electrons. The fourth-order valence-electron chi connectivity index (χ4n) is 4.62. The molecule has 174 valence electrons. The number of hydrogen-bond donors (Lipinski definition) is 2. The number of piperidine rings is 1. The molecule has 8 heteroatoms. The van der Waals surface area contributed by atoms with Gasteiger partial charge in [-0.25, -0.2) is 4.79 Å². The molecule has 1 fully saturated rings. The maximum Gasteiger partial charge on any atom is 0.326 e. The summed E-state index contributed by atoms with van der Waals surface area (Å²) in [6.07, 6.45) is 1.51. The zero-order chi connectivity index (χ0) is 21.8. The van der Waals surface area contributed by atoms with Crippen molar-refractivity contribution >= 4 is 23.4 Å². The number of aromatic nitrogens is 2. The van der Waals surface area contributed by atoms with Crippen molar-refractivity contribution in [2.45, 2.75) is 31.9 Å². The third-order valence-electron chi connectivity index (χ3n) is 6.22. The molecule has 1 aliphatic rings. The highest BCUT2D eigenvalue weighted by Gasteiger charge is 2.28. The van der Waals surface area contributed by atoms with Crippen molar-refractivity contribution in [1.82, 2.24) is 14.5 Å². The van der Waals surface area contributed by atoms with Crippen LogP contribution in [0.5, 0.6) is 11.5 Å². The number of ether oxygens (including phenoxy) is 2. The average molecular weight is 462 g/mol. The van der Waals surface area contributed by atoms with Crippen molar-refractivity contribution in [3.05, 3.63) is 59.0 Å². The largest absolute Gasteiger partial charge is 0.493 e. The maximum atomic E-state index is 12.6. The Labute approximate surface area is 194 Å². The Kier molecular flexibility index (Phi) is 8.23. The van der Waals surface area contributed by atoms with Crippen LogP contribution in [0.15, 0.2) is 53.3 Å². The third-order valence-corrected chi connectivity index (χ3v) is 6.22. The maximum absolute atomic E-state index is 12.6. The smallest absolute Gasteiger partial charge is 0.326 e. The van der Waals surface area contributed by atoms with Crippen molar-refractivity contribution < 1.29 is 14.6 Å². The van der Waals surface area contributed by atoms with Gasteiger partial charge in [0.1, 0.15) is 12.7 Å². The van der Waals surface area contributed by atoms with Crippen LogP contribution in [-0.4, -0.2) is 59.0 Å². The van der Waals surface area contributed by atoms with Gasteiger partial charge in [0, 0.05) is 19.1 Å². The number of hydrogen-bond acceptors (Lipinski definition) is 5. The highest BCUT2D eigenvalue weighted by molar-refractivity contribution is 5.85. The number of likely N-dealkylation sites (tertiary alicyclic amines) is 1. The molecule has 2 N–H and O–H groups in total. The first-order valence-electron chi connectivity index (χ1n) is 10.9. The summed E-state index contributed by atoms with van der Waals surface area (Å²) < 4.78 is 13.0. The Hall–Kier alpha value is -2.48. The fraction of sp³-hybridized carbons (Fsp3) is 0.458. The summed E-state index contributed by atoms with van der Waals surface area (Å²) >= 11 is 0. The highest BCUT2D eigenvalue weighted by atomic mass is 35.5. The summed E-state index contributed by atoms with van der Waals surface area (Å²) in [5, 5.41) is 10.6. The van der Waals surface area contributed by atoms with Crippen LogP contribution < -0.4 is 15.2 Å². The van der Waals surface area contributed by atoms with Crippen LogP contribution in [0.3, 0.4) is 0 Å². The molecule has 32 heavy (non-hydrogen) atoms. The zero-order valence-corrected chi connectivity index (χ0v) is 19.4. The predicted octanol–water partition coefficient (Wildman–Crippen LogP) is 3.47. The topological polar surface area (TPSA) is 79.7 Å². The van der Waals surface area contributed by atoms with Crippen LogP contribution in [-0.2, 0) is 0 Å². The molecule has 2 aromatic carbocycles. The molecule has 0 spiro atoms. The van der Waals surface area contributed by atoms with E-state index in [1.807, 2.05) is 53.1 Å². The highest BCUT2D eigenvalue weighted by Crippen LogP contribution is 2.29. The number of aliphatic hydroxyl groups excluding tert-OH is 1. The molecule has 3 atom stereocenters. The molecule has 2 heterocycles. The third kappa shape index (κ3) is 5.28. The molecule has 3 aromatic rings. The van der Waals surface area contributed by atoms with Gasteiger partial charge in [0.15, 0.2) is 11.5 Å². The number of aliphatic hydroxyl groups is 1. The van der Waals surface area contributed by atoms with Gasteiger partial charge in [0.2, 0.25) is 0 Å². The van der Waals surface area contributed by atoms with Gasteiger partial charge >= 0.3 is 5.69 Å². The Morgan fingerprint density at radius 1 is 1.16 bits per heavy atom. The minimum absolute atomic E-state index is 0. The van der Waals surface area contributed by atoms with Gasteiger partial charge in [-0.15, -0.1) is 12.4 Å². The Balaban J connectivity index is 0.00000289. The first-order chi connectivity index (χ1) is 15.1. The van der Waals surface area contributed by atoms with Crippen molar-refractivity contribution in [3.8, 4) is 11.5 Å². The van der Waals surface area contributed by atoms with Crippen LogP contribution in [0.4, 0.5) is 0 Å². The van der Waals surface area contributed by atoms with E-state index in [4.69, 9.17) is 9.47 Å². The fourth-order valence-corrected chi connectivity index (χ4v) is 4.62. The average Bonchev–Trinajstić information content (AvgIpc) is 3.13. The van der Waals surface area contributed by atoms with Crippen LogP contribution in [0.25, 0.3) is 11.0 Å². The number of para-hydroxylation sites is 4. The number of H-pyrrole nitrogens is 1. The number of fused-ring (bicyclic) bond motifs is 1. The monoisotopic (exact) mass is 461 g/mol. The molecule has 4 rings (SSSR count). The second-order valence-electron chi connectivity index (χ2n) is 8.34. The summed E-state index contributed by atoms with van der Waals surface area (Å²) in [5.41, 5.74) is 1.76. The molecule has 3 unspecified atom stereocenters. The van der Waals surface area contributed by atoms with Gasteiger partial charge in [-0.1, -0.05) is 24.3 Å². The Morgan fingerprint density at radius 2 is 1.88 bits per heavy atom. The number of benzene rings is 2. The molecule has 0 aliphatic carbocycles. The number of methoxy groups -OCH3 is 1. The first kappa shape index (κ1) is 24.2. The predicted molar refractivity (Wildman–Crippen MR) is 128 cm³/mol. The lowest BCUT2D eigenvalue weighted by atomic mass is 9.91. The molecular formula is C24H32ClN3O4. The Bertz CT molecular complexity index is 1070. The van der Waals surface area contributed by atoms with E-state index >= 15 is 0 Å². The number of aromatic amines is 1. The number of nitrogens with zero attached hydrogens (tertiary/aromatic N) is 2. The number of halogens is 1. The lowest BCUT2D eigenvalue weighted by molar-refractivity contribution is 0.0452. The second kappa shape index (κ2) is 10.9. The van der Waals surface area contributed by atoms with E-state index in [2.05, 4.69) is 16.8 Å². The minimum atomic E-state index is -0.602. The molecule has 1 aromatic heterocycles. The molecule has 0 saturated carbocycles. The standard InChI is InChI=1S/C24H31N3O4.ClH/c1-17(27-21-10-4-3-9-20(21)25-24(27)29)18-8-7-13-26(14-18)15-19(28)16-31-23-12-6-5-11-22(23)30-2;/h3-6,9-12,17-19,28H,7-8,13-16H2,1-2H3,(H,25,29);1H. The summed E-state index contributed by atoms with van der Waals surface area (Å²) in [4.78, 5) is 17.8. The van der Waals surface area contributed by atoms with Crippen LogP contribution in [0, 0.1) is 5.92 Å². The van der Waals surface area contributed by atoms with Crippen LogP contribution in [0.2, 0.25) is 0 Å². The van der Waals surface area contributed by atoms with Gasteiger partial charge in [0.05, 0.1) is 18.1 Å². The molecule has 0 amide bonds.